The van der Waals surface area contributed by atoms with Crippen LogP contribution in [-0.2, 0) is 5.41 Å². The van der Waals surface area contributed by atoms with Crippen molar-refractivity contribution in [2.75, 3.05) is 6.61 Å². The lowest BCUT2D eigenvalue weighted by Crippen LogP contribution is -2.15. The van der Waals surface area contributed by atoms with Crippen molar-refractivity contribution in [3.8, 4) is 5.75 Å². The largest absolute Gasteiger partial charge is 0.494 e. The Bertz CT molecular complexity index is 415. The molecular formula is C13H18BrNO. The van der Waals surface area contributed by atoms with Crippen LogP contribution in [0.5, 0.6) is 5.75 Å². The van der Waals surface area contributed by atoms with Crippen LogP contribution >= 0.6 is 15.9 Å². The lowest BCUT2D eigenvalue weighted by Gasteiger charge is -2.22. The SMILES string of the molecule is CCOc1ccc(Br)c2c1C(C)(C)C[C@@H]2N. The van der Waals surface area contributed by atoms with Gasteiger partial charge in [-0.3, -0.25) is 0 Å². The summed E-state index contributed by atoms with van der Waals surface area (Å²) in [7, 11) is 0. The molecule has 2 rings (SSSR count). The molecule has 3 heteroatoms. The number of halogens is 1. The minimum absolute atomic E-state index is 0.100. The maximum atomic E-state index is 6.20. The normalized spacial score (nSPS) is 21.9. The molecule has 1 aromatic carbocycles. The Hall–Kier alpha value is -0.540. The van der Waals surface area contributed by atoms with Gasteiger partial charge >= 0.3 is 0 Å². The Morgan fingerprint density at radius 1 is 1.50 bits per heavy atom. The Morgan fingerprint density at radius 2 is 2.19 bits per heavy atom. The van der Waals surface area contributed by atoms with Crippen LogP contribution in [0.1, 0.15) is 44.4 Å². The topological polar surface area (TPSA) is 35.2 Å². The van der Waals surface area contributed by atoms with E-state index in [-0.39, 0.29) is 11.5 Å². The summed E-state index contributed by atoms with van der Waals surface area (Å²) in [6.07, 6.45) is 0.977. The van der Waals surface area contributed by atoms with Crippen LogP contribution < -0.4 is 10.5 Å². The third-order valence-electron chi connectivity index (χ3n) is 3.23. The minimum Gasteiger partial charge on any atom is -0.494 e. The molecule has 0 aliphatic heterocycles. The molecular weight excluding hydrogens is 266 g/mol. The molecule has 0 unspecified atom stereocenters. The minimum atomic E-state index is 0.100. The van der Waals surface area contributed by atoms with Gasteiger partial charge in [-0.25, -0.2) is 0 Å². The first-order valence-corrected chi connectivity index (χ1v) is 6.48. The number of nitrogens with two attached hydrogens (primary N) is 1. The van der Waals surface area contributed by atoms with E-state index in [2.05, 4.69) is 29.8 Å². The molecule has 1 aromatic rings. The second kappa shape index (κ2) is 4.04. The Morgan fingerprint density at radius 3 is 2.81 bits per heavy atom. The standard InChI is InChI=1S/C13H18BrNO/c1-4-16-10-6-5-8(14)11-9(15)7-13(2,3)12(10)11/h5-6,9H,4,7,15H2,1-3H3/t9-/m0/s1. The highest BCUT2D eigenvalue weighted by molar-refractivity contribution is 9.10. The van der Waals surface area contributed by atoms with Crippen LogP contribution in [0.4, 0.5) is 0 Å². The first-order chi connectivity index (χ1) is 7.47. The fraction of sp³-hybridized carbons (Fsp3) is 0.538. The molecule has 0 radical (unpaired) electrons. The van der Waals surface area contributed by atoms with Crippen LogP contribution in [0.3, 0.4) is 0 Å². The van der Waals surface area contributed by atoms with Crippen molar-refractivity contribution in [1.29, 1.82) is 0 Å². The number of hydrogen-bond acceptors (Lipinski definition) is 2. The zero-order valence-corrected chi connectivity index (χ0v) is 11.6. The van der Waals surface area contributed by atoms with Crippen molar-refractivity contribution in [1.82, 2.24) is 0 Å². The molecule has 0 spiro atoms. The van der Waals surface area contributed by atoms with E-state index >= 15 is 0 Å². The van der Waals surface area contributed by atoms with Crippen LogP contribution in [0, 0.1) is 0 Å². The van der Waals surface area contributed by atoms with Gasteiger partial charge in [0.2, 0.25) is 0 Å². The van der Waals surface area contributed by atoms with E-state index in [9.17, 15) is 0 Å². The number of fused-ring (bicyclic) bond motifs is 1. The Labute approximate surface area is 105 Å². The molecule has 0 heterocycles. The van der Waals surface area contributed by atoms with Gasteiger partial charge in [-0.2, -0.15) is 0 Å². The van der Waals surface area contributed by atoms with Gasteiger partial charge in [0, 0.05) is 16.1 Å². The second-order valence-corrected chi connectivity index (χ2v) is 5.82. The molecule has 1 aliphatic carbocycles. The molecule has 88 valence electrons. The number of benzene rings is 1. The average molecular weight is 284 g/mol. The number of ether oxygens (including phenoxy) is 1. The lowest BCUT2D eigenvalue weighted by molar-refractivity contribution is 0.328. The van der Waals surface area contributed by atoms with Gasteiger partial charge < -0.3 is 10.5 Å². The van der Waals surface area contributed by atoms with E-state index in [1.807, 2.05) is 19.1 Å². The molecule has 0 amide bonds. The van der Waals surface area contributed by atoms with Crippen molar-refractivity contribution >= 4 is 15.9 Å². The summed E-state index contributed by atoms with van der Waals surface area (Å²) >= 11 is 3.59. The molecule has 1 atom stereocenters. The van der Waals surface area contributed by atoms with Crippen LogP contribution in [0.2, 0.25) is 0 Å². The molecule has 1 aliphatic rings. The van der Waals surface area contributed by atoms with Gasteiger partial charge in [0.15, 0.2) is 0 Å². The smallest absolute Gasteiger partial charge is 0.123 e. The summed E-state index contributed by atoms with van der Waals surface area (Å²) in [6.45, 7) is 7.16. The van der Waals surface area contributed by atoms with Crippen molar-refractivity contribution in [3.63, 3.8) is 0 Å². The third-order valence-corrected chi connectivity index (χ3v) is 3.92. The average Bonchev–Trinajstić information content (AvgIpc) is 2.43. The van der Waals surface area contributed by atoms with Crippen molar-refractivity contribution in [3.05, 3.63) is 27.7 Å². The summed E-state index contributed by atoms with van der Waals surface area (Å²) in [5.41, 5.74) is 8.80. The molecule has 0 fully saturated rings. The predicted octanol–water partition coefficient (Wildman–Crippen LogP) is 3.53. The fourth-order valence-electron chi connectivity index (χ4n) is 2.66. The second-order valence-electron chi connectivity index (χ2n) is 4.96. The lowest BCUT2D eigenvalue weighted by atomic mass is 9.86. The highest BCUT2D eigenvalue weighted by Crippen LogP contribution is 2.50. The van der Waals surface area contributed by atoms with Gasteiger partial charge in [0.05, 0.1) is 6.61 Å². The van der Waals surface area contributed by atoms with Gasteiger partial charge in [-0.05, 0) is 36.5 Å². The van der Waals surface area contributed by atoms with E-state index < -0.39 is 0 Å². The third kappa shape index (κ3) is 1.76. The van der Waals surface area contributed by atoms with E-state index in [1.54, 1.807) is 0 Å². The van der Waals surface area contributed by atoms with E-state index in [0.29, 0.717) is 6.61 Å². The van der Waals surface area contributed by atoms with Crippen LogP contribution in [-0.4, -0.2) is 6.61 Å². The monoisotopic (exact) mass is 283 g/mol. The summed E-state index contributed by atoms with van der Waals surface area (Å²) in [5.74, 6) is 0.985. The quantitative estimate of drug-likeness (QED) is 0.901. The zero-order valence-electron chi connectivity index (χ0n) is 10.0. The van der Waals surface area contributed by atoms with E-state index in [0.717, 1.165) is 16.6 Å². The summed E-state index contributed by atoms with van der Waals surface area (Å²) in [6, 6.07) is 4.18. The van der Waals surface area contributed by atoms with Crippen molar-refractivity contribution in [2.24, 2.45) is 5.73 Å². The van der Waals surface area contributed by atoms with Gasteiger partial charge in [0.25, 0.3) is 0 Å². The Kier molecular flexibility index (Phi) is 3.01. The zero-order chi connectivity index (χ0) is 11.9. The highest BCUT2D eigenvalue weighted by Gasteiger charge is 2.39. The van der Waals surface area contributed by atoms with Gasteiger partial charge in [0.1, 0.15) is 5.75 Å². The molecule has 16 heavy (non-hydrogen) atoms. The molecule has 0 aromatic heterocycles. The summed E-state index contributed by atoms with van der Waals surface area (Å²) in [4.78, 5) is 0. The van der Waals surface area contributed by atoms with Crippen LogP contribution in [0.15, 0.2) is 16.6 Å². The van der Waals surface area contributed by atoms with Gasteiger partial charge in [-0.15, -0.1) is 0 Å². The van der Waals surface area contributed by atoms with Crippen LogP contribution in [0.25, 0.3) is 0 Å². The first-order valence-electron chi connectivity index (χ1n) is 5.68. The summed E-state index contributed by atoms with van der Waals surface area (Å²) in [5, 5.41) is 0. The maximum Gasteiger partial charge on any atom is 0.123 e. The maximum absolute atomic E-state index is 6.20. The molecule has 2 nitrogen and oxygen atoms in total. The van der Waals surface area contributed by atoms with Crippen molar-refractivity contribution < 1.29 is 4.74 Å². The van der Waals surface area contributed by atoms with Gasteiger partial charge in [-0.1, -0.05) is 29.8 Å². The van der Waals surface area contributed by atoms with E-state index in [1.165, 1.54) is 11.1 Å². The van der Waals surface area contributed by atoms with Crippen molar-refractivity contribution in [2.45, 2.75) is 38.6 Å². The Balaban J connectivity index is 2.62. The molecule has 2 N–H and O–H groups in total. The predicted molar refractivity (Wildman–Crippen MR) is 69.9 cm³/mol. The number of rotatable bonds is 2. The first kappa shape index (κ1) is 11.9. The fourth-order valence-corrected chi connectivity index (χ4v) is 3.29. The summed E-state index contributed by atoms with van der Waals surface area (Å²) < 4.78 is 6.81. The molecule has 0 saturated heterocycles. The van der Waals surface area contributed by atoms with E-state index in [4.69, 9.17) is 10.5 Å². The number of hydrogen-bond donors (Lipinski definition) is 1. The molecule has 0 saturated carbocycles. The highest BCUT2D eigenvalue weighted by atomic mass is 79.9. The molecule has 0 bridgehead atoms.